The van der Waals surface area contributed by atoms with Gasteiger partial charge in [-0.15, -0.1) is 0 Å². The number of oxazole rings is 1. The van der Waals surface area contributed by atoms with Crippen LogP contribution >= 0.6 is 0 Å². The summed E-state index contributed by atoms with van der Waals surface area (Å²) in [6.45, 7) is 9.18. The molecule has 34 heavy (non-hydrogen) atoms. The average molecular weight is 470 g/mol. The zero-order valence-corrected chi connectivity index (χ0v) is 21.6. The molecule has 5 nitrogen and oxygen atoms in total. The van der Waals surface area contributed by atoms with Crippen LogP contribution in [0, 0.1) is 46.3 Å². The first-order valence-corrected chi connectivity index (χ1v) is 13.8. The lowest BCUT2D eigenvalue weighted by atomic mass is 9.44. The Labute approximate surface area is 204 Å². The van der Waals surface area contributed by atoms with Crippen molar-refractivity contribution in [1.29, 1.82) is 0 Å². The van der Waals surface area contributed by atoms with Gasteiger partial charge in [-0.05, 0) is 111 Å². The normalized spacial score (nSPS) is 42.2. The molecular weight excluding hydrogens is 426 g/mol. The predicted molar refractivity (Wildman–Crippen MR) is 130 cm³/mol. The molecule has 1 heterocycles. The third-order valence-electron chi connectivity index (χ3n) is 11.2. The van der Waals surface area contributed by atoms with Crippen molar-refractivity contribution in [2.75, 3.05) is 0 Å². The Kier molecular flexibility index (Phi) is 6.44. The van der Waals surface area contributed by atoms with Crippen LogP contribution in [0.15, 0.2) is 10.6 Å². The topological polar surface area (TPSA) is 69.4 Å². The van der Waals surface area contributed by atoms with Crippen LogP contribution in [-0.4, -0.2) is 23.3 Å². The van der Waals surface area contributed by atoms with Gasteiger partial charge in [0.25, 0.3) is 0 Å². The van der Waals surface area contributed by atoms with E-state index in [1.807, 2.05) is 0 Å². The molecule has 0 radical (unpaired) electrons. The van der Waals surface area contributed by atoms with Crippen LogP contribution in [0.1, 0.15) is 108 Å². The van der Waals surface area contributed by atoms with Crippen LogP contribution in [0.3, 0.4) is 0 Å². The number of carbonyl (C=O) groups is 2. The van der Waals surface area contributed by atoms with Gasteiger partial charge in [-0.1, -0.05) is 20.8 Å². The molecule has 4 aliphatic carbocycles. The number of nitrogens with zero attached hydrogens (tertiary/aromatic N) is 1. The van der Waals surface area contributed by atoms with E-state index in [9.17, 15) is 9.59 Å². The van der Waals surface area contributed by atoms with Gasteiger partial charge >= 0.3 is 5.97 Å². The number of carbonyl (C=O) groups excluding carboxylic acids is 2. The van der Waals surface area contributed by atoms with Crippen LogP contribution < -0.4 is 0 Å². The van der Waals surface area contributed by atoms with Gasteiger partial charge < -0.3 is 9.15 Å². The first-order valence-electron chi connectivity index (χ1n) is 13.8. The van der Waals surface area contributed by atoms with Gasteiger partial charge in [-0.3, -0.25) is 9.59 Å². The molecule has 9 atom stereocenters. The molecule has 1 aromatic rings. The highest BCUT2D eigenvalue weighted by Crippen LogP contribution is 2.68. The number of esters is 1. The molecule has 1 aromatic heterocycles. The van der Waals surface area contributed by atoms with E-state index < -0.39 is 0 Å². The highest BCUT2D eigenvalue weighted by molar-refractivity contribution is 5.69. The van der Waals surface area contributed by atoms with Crippen LogP contribution in [0.5, 0.6) is 0 Å². The molecule has 0 saturated heterocycles. The van der Waals surface area contributed by atoms with Gasteiger partial charge in [0.1, 0.15) is 6.10 Å². The zero-order chi connectivity index (χ0) is 24.1. The molecular formula is C29H43NO4. The highest BCUT2D eigenvalue weighted by atomic mass is 16.5. The summed E-state index contributed by atoms with van der Waals surface area (Å²) in [5.41, 5.74) is 0.870. The van der Waals surface area contributed by atoms with Crippen LogP contribution in [-0.2, 0) is 16.0 Å². The van der Waals surface area contributed by atoms with Crippen molar-refractivity contribution in [3.05, 3.63) is 17.8 Å². The zero-order valence-electron chi connectivity index (χ0n) is 21.6. The Balaban J connectivity index is 1.25. The smallest absolute Gasteiger partial charge is 0.302 e. The molecule has 0 spiro atoms. The highest BCUT2D eigenvalue weighted by Gasteiger charge is 2.60. The molecule has 0 aromatic carbocycles. The minimum atomic E-state index is -0.117. The SMILES string of the molecule is CC(=O)O[C@@H]1CC[C@@]2(C)[C@H](CC[C@@H]3[C@@H]2CC[C@]2(C)[C@@H]([C@H](C)CCc4ncc(C=O)o4)CC[C@@H]32)C1. The summed E-state index contributed by atoms with van der Waals surface area (Å²) in [6, 6.07) is 0. The van der Waals surface area contributed by atoms with E-state index in [1.165, 1.54) is 51.1 Å². The van der Waals surface area contributed by atoms with E-state index in [2.05, 4.69) is 25.8 Å². The van der Waals surface area contributed by atoms with Crippen molar-refractivity contribution in [2.45, 2.75) is 104 Å². The second-order valence-corrected chi connectivity index (χ2v) is 12.7. The molecule has 0 aliphatic heterocycles. The summed E-state index contributed by atoms with van der Waals surface area (Å²) in [6.07, 6.45) is 15.8. The lowest BCUT2D eigenvalue weighted by Crippen LogP contribution is -2.54. The number of ether oxygens (including phenoxy) is 1. The van der Waals surface area contributed by atoms with Gasteiger partial charge in [0.2, 0.25) is 0 Å². The number of hydrogen-bond donors (Lipinski definition) is 0. The second-order valence-electron chi connectivity index (χ2n) is 12.7. The number of hydrogen-bond acceptors (Lipinski definition) is 5. The molecule has 5 heteroatoms. The van der Waals surface area contributed by atoms with Gasteiger partial charge in [0.15, 0.2) is 17.9 Å². The number of aryl methyl sites for hydroxylation is 1. The van der Waals surface area contributed by atoms with Crippen molar-refractivity contribution in [2.24, 2.45) is 46.3 Å². The Morgan fingerprint density at radius 3 is 2.65 bits per heavy atom. The number of rotatable bonds is 6. The molecule has 0 amide bonds. The Morgan fingerprint density at radius 1 is 1.15 bits per heavy atom. The van der Waals surface area contributed by atoms with E-state index in [-0.39, 0.29) is 12.1 Å². The molecule has 0 bridgehead atoms. The first-order chi connectivity index (χ1) is 16.2. The third kappa shape index (κ3) is 4.05. The summed E-state index contributed by atoms with van der Waals surface area (Å²) in [7, 11) is 0. The number of fused-ring (bicyclic) bond motifs is 5. The lowest BCUT2D eigenvalue weighted by Gasteiger charge is -2.61. The molecule has 5 rings (SSSR count). The second kappa shape index (κ2) is 9.09. The summed E-state index contributed by atoms with van der Waals surface area (Å²) in [5, 5.41) is 0. The molecule has 188 valence electrons. The van der Waals surface area contributed by atoms with Gasteiger partial charge in [-0.2, -0.15) is 0 Å². The molecule has 0 N–H and O–H groups in total. The Morgan fingerprint density at radius 2 is 1.91 bits per heavy atom. The van der Waals surface area contributed by atoms with Crippen LogP contribution in [0.2, 0.25) is 0 Å². The Bertz CT molecular complexity index is 910. The molecule has 4 saturated carbocycles. The lowest BCUT2D eigenvalue weighted by molar-refractivity contribution is -0.160. The minimum Gasteiger partial charge on any atom is -0.463 e. The fourth-order valence-electron chi connectivity index (χ4n) is 9.58. The van der Waals surface area contributed by atoms with Crippen LogP contribution in [0.4, 0.5) is 0 Å². The summed E-state index contributed by atoms with van der Waals surface area (Å²) in [5.74, 6) is 5.60. The maximum absolute atomic E-state index is 11.5. The van der Waals surface area contributed by atoms with Crippen molar-refractivity contribution in [3.63, 3.8) is 0 Å². The van der Waals surface area contributed by atoms with Gasteiger partial charge in [0.05, 0.1) is 6.20 Å². The van der Waals surface area contributed by atoms with E-state index in [0.29, 0.717) is 34.3 Å². The largest absolute Gasteiger partial charge is 0.463 e. The molecule has 4 aliphatic rings. The standard InChI is InChI=1S/C29H43NO4/c1-18(5-10-27-30-16-22(17-31)34-27)24-8-9-25-23-7-6-20-15-21(33-19(2)32)11-13-28(20,3)26(23)12-14-29(24,25)4/h16-18,20-21,23-26H,5-15H2,1-4H3/t18-,20-,21-,23+,24-,25+,26+,28+,29-/m1/s1. The van der Waals surface area contributed by atoms with Gasteiger partial charge in [-0.25, -0.2) is 4.98 Å². The van der Waals surface area contributed by atoms with E-state index in [1.54, 1.807) is 6.92 Å². The average Bonchev–Trinajstić information content (AvgIpc) is 3.41. The van der Waals surface area contributed by atoms with E-state index in [0.717, 1.165) is 55.6 Å². The van der Waals surface area contributed by atoms with Crippen molar-refractivity contribution < 1.29 is 18.7 Å². The fourth-order valence-corrected chi connectivity index (χ4v) is 9.58. The number of aromatic nitrogens is 1. The number of aldehydes is 1. The predicted octanol–water partition coefficient (Wildman–Crippen LogP) is 6.65. The maximum atomic E-state index is 11.5. The van der Waals surface area contributed by atoms with Crippen molar-refractivity contribution in [1.82, 2.24) is 4.98 Å². The molecule has 0 unspecified atom stereocenters. The first kappa shape index (κ1) is 24.1. The summed E-state index contributed by atoms with van der Waals surface area (Å²) in [4.78, 5) is 26.7. The monoisotopic (exact) mass is 469 g/mol. The van der Waals surface area contributed by atoms with E-state index >= 15 is 0 Å². The fraction of sp³-hybridized carbons (Fsp3) is 0.828. The van der Waals surface area contributed by atoms with Crippen LogP contribution in [0.25, 0.3) is 0 Å². The van der Waals surface area contributed by atoms with E-state index in [4.69, 9.17) is 9.15 Å². The summed E-state index contributed by atoms with van der Waals surface area (Å²) < 4.78 is 11.2. The van der Waals surface area contributed by atoms with Crippen molar-refractivity contribution in [3.8, 4) is 0 Å². The maximum Gasteiger partial charge on any atom is 0.302 e. The van der Waals surface area contributed by atoms with Crippen molar-refractivity contribution >= 4 is 12.3 Å². The third-order valence-corrected chi connectivity index (χ3v) is 11.2. The van der Waals surface area contributed by atoms with Gasteiger partial charge in [0, 0.05) is 13.3 Å². The quantitative estimate of drug-likeness (QED) is 0.345. The minimum absolute atomic E-state index is 0.117. The summed E-state index contributed by atoms with van der Waals surface area (Å²) >= 11 is 0. The Hall–Kier alpha value is -1.65. The molecule has 4 fully saturated rings.